The maximum atomic E-state index is 3.43. The Balaban J connectivity index is 3.49. The molecular weight excluding hydrogens is 96.1 g/mol. The van der Waals surface area contributed by atoms with E-state index in [9.17, 15) is 0 Å². The van der Waals surface area contributed by atoms with Crippen LogP contribution in [0.5, 0.6) is 0 Å². The van der Waals surface area contributed by atoms with Crippen LogP contribution < -0.4 is 0 Å². The summed E-state index contributed by atoms with van der Waals surface area (Å²) in [7, 11) is 0. The normalized spacial score (nSPS) is 9.88. The Labute approximate surface area is 51.2 Å². The lowest BCUT2D eigenvalue weighted by molar-refractivity contribution is 0.832. The molecule has 0 N–H and O–H groups in total. The fraction of sp³-hybridized carbons (Fsp3) is 0.375. The second kappa shape index (κ2) is 4.42. The molecule has 0 saturated carbocycles. The van der Waals surface area contributed by atoms with Crippen molar-refractivity contribution in [1.82, 2.24) is 0 Å². The second-order valence-corrected chi connectivity index (χ2v) is 2.00. The Morgan fingerprint density at radius 2 is 2.12 bits per heavy atom. The van der Waals surface area contributed by atoms with Crippen LogP contribution >= 0.6 is 0 Å². The van der Waals surface area contributed by atoms with E-state index >= 15 is 0 Å². The predicted octanol–water partition coefficient (Wildman–Crippen LogP) is 2.54. The Morgan fingerprint density at radius 3 is 2.50 bits per heavy atom. The van der Waals surface area contributed by atoms with Crippen molar-refractivity contribution in [2.75, 3.05) is 0 Å². The minimum absolute atomic E-state index is 0.625. The molecule has 0 heteroatoms. The smallest absolute Gasteiger partial charge is 0.0209 e. The molecular formula is C8H12. The summed E-state index contributed by atoms with van der Waals surface area (Å²) in [5, 5.41) is 0. The van der Waals surface area contributed by atoms with Gasteiger partial charge >= 0.3 is 0 Å². The maximum absolute atomic E-state index is 3.43. The topological polar surface area (TPSA) is 0 Å². The average Bonchev–Trinajstić information content (AvgIpc) is 1.66. The third kappa shape index (κ3) is 5.26. The van der Waals surface area contributed by atoms with E-state index in [1.807, 2.05) is 6.08 Å². The molecule has 0 rings (SSSR count). The molecule has 0 spiro atoms. The largest absolute Gasteiger partial charge is 0.129 e. The molecule has 0 nitrogen and oxygen atoms in total. The van der Waals surface area contributed by atoms with E-state index in [4.69, 9.17) is 0 Å². The minimum atomic E-state index is 0.625. The molecule has 8 heavy (non-hydrogen) atoms. The Morgan fingerprint density at radius 1 is 1.50 bits per heavy atom. The highest BCUT2D eigenvalue weighted by Crippen LogP contribution is 1.92. The number of hydrogen-bond acceptors (Lipinski definition) is 0. The number of rotatable bonds is 2. The Kier molecular flexibility index (Phi) is 4.01. The Bertz CT molecular complexity index is 112. The summed E-state index contributed by atoms with van der Waals surface area (Å²) in [6.45, 7) is 7.69. The molecule has 0 saturated heterocycles. The quantitative estimate of drug-likeness (QED) is 0.376. The molecule has 0 aliphatic rings. The van der Waals surface area contributed by atoms with E-state index < -0.39 is 0 Å². The molecule has 0 fully saturated rings. The zero-order valence-corrected chi connectivity index (χ0v) is 5.52. The van der Waals surface area contributed by atoms with Crippen molar-refractivity contribution in [3.05, 3.63) is 30.5 Å². The van der Waals surface area contributed by atoms with Gasteiger partial charge in [0.25, 0.3) is 0 Å². The predicted molar refractivity (Wildman–Crippen MR) is 37.7 cm³/mol. The van der Waals surface area contributed by atoms with Gasteiger partial charge in [0.1, 0.15) is 0 Å². The second-order valence-electron chi connectivity index (χ2n) is 2.00. The van der Waals surface area contributed by atoms with Gasteiger partial charge in [0.15, 0.2) is 0 Å². The first-order chi connectivity index (χ1) is 3.77. The summed E-state index contributed by atoms with van der Waals surface area (Å²) in [5.41, 5.74) is 2.66. The van der Waals surface area contributed by atoms with Gasteiger partial charge in [-0.25, -0.2) is 0 Å². The first kappa shape index (κ1) is 7.26. The van der Waals surface area contributed by atoms with Crippen LogP contribution in [0.1, 0.15) is 13.8 Å². The summed E-state index contributed by atoms with van der Waals surface area (Å²) in [5.74, 6) is 0.625. The monoisotopic (exact) mass is 108 g/mol. The summed E-state index contributed by atoms with van der Waals surface area (Å²) < 4.78 is 0. The standard InChI is InChI=1S/C8H12/c1-4-5-6-7-8(2)3/h5-8H,1H2,2-3H3/b7-6+. The SMILES string of the molecule is C=C=C/C=C/C(C)C. The van der Waals surface area contributed by atoms with Gasteiger partial charge in [-0.3, -0.25) is 0 Å². The van der Waals surface area contributed by atoms with Crippen LogP contribution in [0.25, 0.3) is 0 Å². The third-order valence-electron chi connectivity index (χ3n) is 0.710. The van der Waals surface area contributed by atoms with Crippen molar-refractivity contribution < 1.29 is 0 Å². The van der Waals surface area contributed by atoms with Gasteiger partial charge in [0.2, 0.25) is 0 Å². The first-order valence-electron chi connectivity index (χ1n) is 2.80. The molecule has 0 atom stereocenters. The van der Waals surface area contributed by atoms with Gasteiger partial charge < -0.3 is 0 Å². The molecule has 0 radical (unpaired) electrons. The maximum Gasteiger partial charge on any atom is -0.0209 e. The highest BCUT2D eigenvalue weighted by atomic mass is 13.8. The number of allylic oxidation sites excluding steroid dienone is 3. The van der Waals surface area contributed by atoms with Crippen molar-refractivity contribution in [3.63, 3.8) is 0 Å². The first-order valence-corrected chi connectivity index (χ1v) is 2.80. The van der Waals surface area contributed by atoms with Crippen LogP contribution in [0.4, 0.5) is 0 Å². The van der Waals surface area contributed by atoms with Crippen molar-refractivity contribution in [3.8, 4) is 0 Å². The van der Waals surface area contributed by atoms with Crippen LogP contribution in [-0.2, 0) is 0 Å². The van der Waals surface area contributed by atoms with Gasteiger partial charge in [-0.05, 0) is 12.0 Å². The van der Waals surface area contributed by atoms with Gasteiger partial charge in [-0.1, -0.05) is 32.6 Å². The van der Waals surface area contributed by atoms with Crippen LogP contribution in [0.3, 0.4) is 0 Å². The fourth-order valence-electron chi connectivity index (χ4n) is 0.346. The average molecular weight is 108 g/mol. The lowest BCUT2D eigenvalue weighted by atomic mass is 10.2. The van der Waals surface area contributed by atoms with E-state index in [0.717, 1.165) is 0 Å². The van der Waals surface area contributed by atoms with Crippen molar-refractivity contribution in [2.45, 2.75) is 13.8 Å². The van der Waals surface area contributed by atoms with E-state index in [0.29, 0.717) is 5.92 Å². The summed E-state index contributed by atoms with van der Waals surface area (Å²) in [4.78, 5) is 0. The van der Waals surface area contributed by atoms with E-state index in [-0.39, 0.29) is 0 Å². The van der Waals surface area contributed by atoms with E-state index in [2.05, 4.69) is 32.2 Å². The third-order valence-corrected chi connectivity index (χ3v) is 0.710. The van der Waals surface area contributed by atoms with Crippen molar-refractivity contribution in [1.29, 1.82) is 0 Å². The molecule has 0 unspecified atom stereocenters. The zero-order valence-electron chi connectivity index (χ0n) is 5.52. The molecule has 0 heterocycles. The fourth-order valence-corrected chi connectivity index (χ4v) is 0.346. The molecule has 0 aliphatic carbocycles. The molecule has 0 aliphatic heterocycles. The molecule has 44 valence electrons. The van der Waals surface area contributed by atoms with Crippen molar-refractivity contribution in [2.24, 2.45) is 5.92 Å². The van der Waals surface area contributed by atoms with Crippen LogP contribution in [-0.4, -0.2) is 0 Å². The van der Waals surface area contributed by atoms with Crippen LogP contribution in [0.15, 0.2) is 30.5 Å². The lowest BCUT2D eigenvalue weighted by Crippen LogP contribution is -1.73. The van der Waals surface area contributed by atoms with Gasteiger partial charge in [-0.15, -0.1) is 5.73 Å². The van der Waals surface area contributed by atoms with Crippen LogP contribution in [0.2, 0.25) is 0 Å². The van der Waals surface area contributed by atoms with E-state index in [1.54, 1.807) is 6.08 Å². The molecule has 0 amide bonds. The highest BCUT2D eigenvalue weighted by Gasteiger charge is 1.77. The summed E-state index contributed by atoms with van der Waals surface area (Å²) in [6, 6.07) is 0. The van der Waals surface area contributed by atoms with Crippen LogP contribution in [0, 0.1) is 5.92 Å². The van der Waals surface area contributed by atoms with Gasteiger partial charge in [0, 0.05) is 0 Å². The lowest BCUT2D eigenvalue weighted by Gasteiger charge is -1.87. The summed E-state index contributed by atoms with van der Waals surface area (Å²) in [6.07, 6.45) is 5.86. The molecule has 0 aromatic carbocycles. The summed E-state index contributed by atoms with van der Waals surface area (Å²) >= 11 is 0. The molecule has 0 bridgehead atoms. The number of hydrogen-bond donors (Lipinski definition) is 0. The molecule has 0 aromatic rings. The highest BCUT2D eigenvalue weighted by molar-refractivity contribution is 5.01. The minimum Gasteiger partial charge on any atom is -0.129 e. The molecule has 0 aromatic heterocycles. The Hall–Kier alpha value is -0.740. The van der Waals surface area contributed by atoms with Gasteiger partial charge in [-0.2, -0.15) is 0 Å². The zero-order chi connectivity index (χ0) is 6.41. The van der Waals surface area contributed by atoms with E-state index in [1.165, 1.54) is 0 Å². The van der Waals surface area contributed by atoms with Gasteiger partial charge in [0.05, 0.1) is 0 Å². The van der Waals surface area contributed by atoms with Crippen molar-refractivity contribution >= 4 is 0 Å².